The van der Waals surface area contributed by atoms with E-state index in [1.54, 1.807) is 0 Å². The molecule has 0 spiro atoms. The standard InChI is InChI=1S/C11H20F4N2/c12-10(13)11(14,15)9-16-5-4-8-17-6-2-1-3-7-17/h10,16H,1-9H2. The van der Waals surface area contributed by atoms with Crippen molar-refractivity contribution in [2.24, 2.45) is 0 Å². The van der Waals surface area contributed by atoms with Crippen molar-refractivity contribution in [3.05, 3.63) is 0 Å². The Morgan fingerprint density at radius 3 is 2.35 bits per heavy atom. The van der Waals surface area contributed by atoms with Gasteiger partial charge in [0.15, 0.2) is 0 Å². The summed E-state index contributed by atoms with van der Waals surface area (Å²) in [6.07, 6.45) is 0.778. The number of alkyl halides is 4. The normalized spacial score (nSPS) is 18.9. The molecule has 1 N–H and O–H groups in total. The van der Waals surface area contributed by atoms with Crippen LogP contribution in [0.25, 0.3) is 0 Å². The van der Waals surface area contributed by atoms with Gasteiger partial charge in [-0.2, -0.15) is 8.78 Å². The first-order chi connectivity index (χ1) is 8.02. The van der Waals surface area contributed by atoms with Gasteiger partial charge in [0.25, 0.3) is 0 Å². The lowest BCUT2D eigenvalue weighted by atomic mass is 10.1. The molecule has 6 heteroatoms. The van der Waals surface area contributed by atoms with E-state index in [0.29, 0.717) is 6.54 Å². The van der Waals surface area contributed by atoms with Crippen LogP contribution in [0.15, 0.2) is 0 Å². The number of nitrogens with one attached hydrogen (secondary N) is 1. The molecule has 0 bridgehead atoms. The number of halogens is 4. The Balaban J connectivity index is 2.00. The number of hydrogen-bond donors (Lipinski definition) is 1. The molecule has 0 aliphatic carbocycles. The van der Waals surface area contributed by atoms with Gasteiger partial charge in [0.2, 0.25) is 0 Å². The average Bonchev–Trinajstić information content (AvgIpc) is 2.29. The molecule has 102 valence electrons. The van der Waals surface area contributed by atoms with E-state index in [2.05, 4.69) is 10.2 Å². The molecule has 0 radical (unpaired) electrons. The molecule has 0 atom stereocenters. The van der Waals surface area contributed by atoms with Crippen molar-refractivity contribution < 1.29 is 17.6 Å². The number of hydrogen-bond acceptors (Lipinski definition) is 2. The minimum Gasteiger partial charge on any atom is -0.311 e. The topological polar surface area (TPSA) is 15.3 Å². The minimum absolute atomic E-state index is 0.360. The highest BCUT2D eigenvalue weighted by molar-refractivity contribution is 4.72. The van der Waals surface area contributed by atoms with E-state index in [1.807, 2.05) is 0 Å². The molecule has 1 saturated heterocycles. The maximum absolute atomic E-state index is 12.5. The molecular weight excluding hydrogens is 236 g/mol. The Hall–Kier alpha value is -0.360. The average molecular weight is 256 g/mol. The van der Waals surface area contributed by atoms with Gasteiger partial charge in [-0.15, -0.1) is 0 Å². The summed E-state index contributed by atoms with van der Waals surface area (Å²) in [5, 5.41) is 2.39. The Kier molecular flexibility index (Phi) is 6.19. The fraction of sp³-hybridized carbons (Fsp3) is 1.00. The second-order valence-corrected chi connectivity index (χ2v) is 4.49. The maximum atomic E-state index is 12.5. The smallest absolute Gasteiger partial charge is 0.311 e. The van der Waals surface area contributed by atoms with E-state index >= 15 is 0 Å². The molecule has 0 aromatic rings. The van der Waals surface area contributed by atoms with Crippen LogP contribution in [-0.4, -0.2) is 50.0 Å². The van der Waals surface area contributed by atoms with Crippen molar-refractivity contribution in [2.75, 3.05) is 32.7 Å². The molecule has 1 heterocycles. The van der Waals surface area contributed by atoms with Gasteiger partial charge in [-0.1, -0.05) is 6.42 Å². The lowest BCUT2D eigenvalue weighted by molar-refractivity contribution is -0.125. The molecule has 0 aromatic carbocycles. The Bertz CT molecular complexity index is 206. The van der Waals surface area contributed by atoms with E-state index in [1.165, 1.54) is 19.3 Å². The van der Waals surface area contributed by atoms with Crippen LogP contribution >= 0.6 is 0 Å². The highest BCUT2D eigenvalue weighted by atomic mass is 19.3. The van der Waals surface area contributed by atoms with Crippen molar-refractivity contribution in [3.63, 3.8) is 0 Å². The molecule has 0 amide bonds. The third-order valence-corrected chi connectivity index (χ3v) is 2.96. The Morgan fingerprint density at radius 1 is 1.12 bits per heavy atom. The summed E-state index contributed by atoms with van der Waals surface area (Å²) in [5.41, 5.74) is 0. The summed E-state index contributed by atoms with van der Waals surface area (Å²) in [5.74, 6) is -3.91. The number of likely N-dealkylation sites (tertiary alicyclic amines) is 1. The van der Waals surface area contributed by atoms with Gasteiger partial charge >= 0.3 is 12.3 Å². The second kappa shape index (κ2) is 7.16. The van der Waals surface area contributed by atoms with E-state index in [9.17, 15) is 17.6 Å². The van der Waals surface area contributed by atoms with Crippen LogP contribution in [0, 0.1) is 0 Å². The molecule has 1 aliphatic heterocycles. The van der Waals surface area contributed by atoms with Gasteiger partial charge < -0.3 is 10.2 Å². The predicted molar refractivity (Wildman–Crippen MR) is 58.7 cm³/mol. The third-order valence-electron chi connectivity index (χ3n) is 2.96. The van der Waals surface area contributed by atoms with E-state index in [0.717, 1.165) is 26.1 Å². The van der Waals surface area contributed by atoms with Crippen LogP contribution in [0.1, 0.15) is 25.7 Å². The van der Waals surface area contributed by atoms with Crippen molar-refractivity contribution >= 4 is 0 Å². The second-order valence-electron chi connectivity index (χ2n) is 4.49. The highest BCUT2D eigenvalue weighted by Gasteiger charge is 2.39. The molecule has 1 fully saturated rings. The zero-order chi connectivity index (χ0) is 12.7. The van der Waals surface area contributed by atoms with Crippen molar-refractivity contribution in [3.8, 4) is 0 Å². The van der Waals surface area contributed by atoms with Crippen LogP contribution in [-0.2, 0) is 0 Å². The summed E-state index contributed by atoms with van der Waals surface area (Å²) in [7, 11) is 0. The first-order valence-corrected chi connectivity index (χ1v) is 6.11. The van der Waals surface area contributed by atoms with Gasteiger partial charge in [0, 0.05) is 0 Å². The van der Waals surface area contributed by atoms with Gasteiger partial charge in [-0.05, 0) is 45.4 Å². The summed E-state index contributed by atoms with van der Waals surface area (Å²) in [6, 6.07) is 0. The Labute approximate surface area is 99.4 Å². The highest BCUT2D eigenvalue weighted by Crippen LogP contribution is 2.21. The molecule has 1 aliphatic rings. The van der Waals surface area contributed by atoms with Gasteiger partial charge in [0.05, 0.1) is 6.54 Å². The molecule has 17 heavy (non-hydrogen) atoms. The zero-order valence-corrected chi connectivity index (χ0v) is 9.90. The van der Waals surface area contributed by atoms with Crippen molar-refractivity contribution in [2.45, 2.75) is 38.0 Å². The van der Waals surface area contributed by atoms with Gasteiger partial charge in [-0.3, -0.25) is 0 Å². The van der Waals surface area contributed by atoms with Crippen LogP contribution < -0.4 is 5.32 Å². The Morgan fingerprint density at radius 2 is 1.76 bits per heavy atom. The van der Waals surface area contributed by atoms with Crippen molar-refractivity contribution in [1.82, 2.24) is 10.2 Å². The van der Waals surface area contributed by atoms with E-state index < -0.39 is 18.9 Å². The first kappa shape index (κ1) is 14.7. The van der Waals surface area contributed by atoms with Crippen LogP contribution in [0.4, 0.5) is 17.6 Å². The molecule has 0 saturated carbocycles. The summed E-state index contributed by atoms with van der Waals surface area (Å²) >= 11 is 0. The monoisotopic (exact) mass is 256 g/mol. The third kappa shape index (κ3) is 5.68. The SMILES string of the molecule is FC(F)C(F)(F)CNCCCN1CCCCC1. The number of nitrogens with zero attached hydrogens (tertiary/aromatic N) is 1. The lowest BCUT2D eigenvalue weighted by Crippen LogP contribution is -2.40. The fourth-order valence-corrected chi connectivity index (χ4v) is 1.94. The quantitative estimate of drug-likeness (QED) is 0.555. The van der Waals surface area contributed by atoms with Gasteiger partial charge in [-0.25, -0.2) is 8.78 Å². The predicted octanol–water partition coefficient (Wildman–Crippen LogP) is 2.35. The lowest BCUT2D eigenvalue weighted by Gasteiger charge is -2.26. The van der Waals surface area contributed by atoms with E-state index in [4.69, 9.17) is 0 Å². The van der Waals surface area contributed by atoms with Crippen LogP contribution in [0.3, 0.4) is 0 Å². The molecule has 0 unspecified atom stereocenters. The molecule has 1 rings (SSSR count). The fourth-order valence-electron chi connectivity index (χ4n) is 1.94. The number of rotatable bonds is 7. The van der Waals surface area contributed by atoms with Crippen LogP contribution in [0.2, 0.25) is 0 Å². The molecule has 0 aromatic heterocycles. The first-order valence-electron chi connectivity index (χ1n) is 6.11. The summed E-state index contributed by atoms with van der Waals surface area (Å²) in [6.45, 7) is 2.40. The molecular formula is C11H20F4N2. The van der Waals surface area contributed by atoms with Crippen molar-refractivity contribution in [1.29, 1.82) is 0 Å². The minimum atomic E-state index is -3.91. The summed E-state index contributed by atoms with van der Waals surface area (Å²) in [4.78, 5) is 2.29. The maximum Gasteiger partial charge on any atom is 0.319 e. The van der Waals surface area contributed by atoms with Crippen LogP contribution in [0.5, 0.6) is 0 Å². The van der Waals surface area contributed by atoms with Gasteiger partial charge in [0.1, 0.15) is 0 Å². The largest absolute Gasteiger partial charge is 0.319 e. The van der Waals surface area contributed by atoms with E-state index in [-0.39, 0.29) is 0 Å². The zero-order valence-electron chi connectivity index (χ0n) is 9.90. The summed E-state index contributed by atoms with van der Waals surface area (Å²) < 4.78 is 48.6. The molecule has 2 nitrogen and oxygen atoms in total. The number of piperidine rings is 1.